The number of hydrogen-bond acceptors (Lipinski definition) is 2. The van der Waals surface area contributed by atoms with Gasteiger partial charge in [0.25, 0.3) is 0 Å². The van der Waals surface area contributed by atoms with Crippen molar-refractivity contribution in [2.45, 2.75) is 40.2 Å². The Morgan fingerprint density at radius 1 is 1.38 bits per heavy atom. The maximum atomic E-state index is 14.1. The van der Waals surface area contributed by atoms with E-state index in [0.29, 0.717) is 28.0 Å². The van der Waals surface area contributed by atoms with E-state index in [1.165, 1.54) is 6.07 Å². The van der Waals surface area contributed by atoms with Crippen LogP contribution in [0, 0.1) is 11.7 Å². The second-order valence-corrected chi connectivity index (χ2v) is 6.08. The molecule has 0 fully saturated rings. The van der Waals surface area contributed by atoms with Gasteiger partial charge in [-0.1, -0.05) is 32.4 Å². The van der Waals surface area contributed by atoms with E-state index >= 15 is 0 Å². The van der Waals surface area contributed by atoms with E-state index in [2.05, 4.69) is 25.8 Å². The Morgan fingerprint density at radius 3 is 2.67 bits per heavy atom. The predicted octanol–water partition coefficient (Wildman–Crippen LogP) is 4.53. The Hall–Kier alpha value is -1.55. The molecule has 0 atom stereocenters. The van der Waals surface area contributed by atoms with Crippen molar-refractivity contribution >= 4 is 17.4 Å². The molecule has 114 valence electrons. The highest BCUT2D eigenvalue weighted by Gasteiger charge is 2.19. The lowest BCUT2D eigenvalue weighted by Gasteiger charge is -2.12. The molecule has 2 aromatic rings. The summed E-state index contributed by atoms with van der Waals surface area (Å²) < 4.78 is 16.1. The molecule has 0 aliphatic carbocycles. The van der Waals surface area contributed by atoms with E-state index in [0.717, 1.165) is 25.2 Å². The van der Waals surface area contributed by atoms with Gasteiger partial charge in [-0.05, 0) is 30.5 Å². The summed E-state index contributed by atoms with van der Waals surface area (Å²) in [5, 5.41) is 0.366. The average molecular weight is 310 g/mol. The Kier molecular flexibility index (Phi) is 4.88. The van der Waals surface area contributed by atoms with Crippen LogP contribution in [0.1, 0.15) is 33.0 Å². The Morgan fingerprint density at radius 2 is 2.10 bits per heavy atom. The third-order valence-corrected chi connectivity index (χ3v) is 3.53. The molecule has 5 heteroatoms. The van der Waals surface area contributed by atoms with Crippen molar-refractivity contribution in [2.24, 2.45) is 5.92 Å². The largest absolute Gasteiger partial charge is 0.383 e. The number of imidazole rings is 1. The number of halogens is 2. The monoisotopic (exact) mass is 309 g/mol. The summed E-state index contributed by atoms with van der Waals surface area (Å²) in [4.78, 5) is 4.57. The molecule has 0 amide bonds. The lowest BCUT2D eigenvalue weighted by atomic mass is 10.1. The van der Waals surface area contributed by atoms with Crippen LogP contribution in [0.4, 0.5) is 10.2 Å². The van der Waals surface area contributed by atoms with Crippen LogP contribution in [0.5, 0.6) is 0 Å². The minimum atomic E-state index is -0.397. The fourth-order valence-corrected chi connectivity index (χ4v) is 2.54. The number of aromatic nitrogens is 2. The van der Waals surface area contributed by atoms with Crippen molar-refractivity contribution in [3.05, 3.63) is 34.9 Å². The van der Waals surface area contributed by atoms with Crippen LogP contribution in [-0.2, 0) is 13.0 Å². The quantitative estimate of drug-likeness (QED) is 0.881. The van der Waals surface area contributed by atoms with Gasteiger partial charge in [0.05, 0.1) is 0 Å². The topological polar surface area (TPSA) is 43.8 Å². The lowest BCUT2D eigenvalue weighted by molar-refractivity contribution is 0.510. The number of benzene rings is 1. The number of aryl methyl sites for hydroxylation is 1. The molecule has 0 spiro atoms. The first-order valence-electron chi connectivity index (χ1n) is 7.24. The normalized spacial score (nSPS) is 11.3. The molecule has 0 saturated carbocycles. The molecular formula is C16H21ClFN3. The Bertz CT molecular complexity index is 635. The second-order valence-electron chi connectivity index (χ2n) is 5.64. The molecule has 1 aromatic carbocycles. The van der Waals surface area contributed by atoms with Crippen molar-refractivity contribution in [1.29, 1.82) is 0 Å². The first-order valence-corrected chi connectivity index (χ1v) is 7.62. The van der Waals surface area contributed by atoms with Gasteiger partial charge in [0.15, 0.2) is 0 Å². The third-order valence-electron chi connectivity index (χ3n) is 3.29. The lowest BCUT2D eigenvalue weighted by Crippen LogP contribution is -2.11. The molecular weight excluding hydrogens is 289 g/mol. The summed E-state index contributed by atoms with van der Waals surface area (Å²) in [7, 11) is 0. The van der Waals surface area contributed by atoms with E-state index in [4.69, 9.17) is 17.3 Å². The zero-order valence-corrected chi connectivity index (χ0v) is 13.4. The Balaban J connectivity index is 2.53. The van der Waals surface area contributed by atoms with E-state index in [9.17, 15) is 4.39 Å². The Labute approximate surface area is 129 Å². The van der Waals surface area contributed by atoms with E-state index in [1.54, 1.807) is 12.1 Å². The first kappa shape index (κ1) is 15.8. The van der Waals surface area contributed by atoms with Gasteiger partial charge < -0.3 is 10.3 Å². The molecule has 21 heavy (non-hydrogen) atoms. The molecule has 2 rings (SSSR count). The highest BCUT2D eigenvalue weighted by Crippen LogP contribution is 2.31. The van der Waals surface area contributed by atoms with Crippen molar-refractivity contribution in [3.8, 4) is 11.3 Å². The summed E-state index contributed by atoms with van der Waals surface area (Å²) in [5.41, 5.74) is 7.13. The summed E-state index contributed by atoms with van der Waals surface area (Å²) in [5.74, 6) is 1.48. The molecule has 0 radical (unpaired) electrons. The fraction of sp³-hybridized carbons (Fsp3) is 0.438. The molecule has 0 unspecified atom stereocenters. The molecule has 3 nitrogen and oxygen atoms in total. The summed E-state index contributed by atoms with van der Waals surface area (Å²) in [6.07, 6.45) is 1.79. The number of hydrogen-bond donors (Lipinski definition) is 1. The standard InChI is InChI=1S/C16H21ClFN3/c1-4-5-14-20-15(16(19)21(14)9-10(2)3)12-7-6-11(17)8-13(12)18/h6-8,10H,4-5,9,19H2,1-3H3. The third kappa shape index (κ3) is 3.38. The maximum Gasteiger partial charge on any atom is 0.134 e. The molecule has 1 heterocycles. The first-order chi connectivity index (χ1) is 9.93. The summed E-state index contributed by atoms with van der Waals surface area (Å²) in [6.45, 7) is 7.12. The molecule has 0 bridgehead atoms. The number of nitrogens with two attached hydrogens (primary N) is 1. The van der Waals surface area contributed by atoms with Crippen molar-refractivity contribution in [1.82, 2.24) is 9.55 Å². The van der Waals surface area contributed by atoms with Crippen LogP contribution in [0.15, 0.2) is 18.2 Å². The van der Waals surface area contributed by atoms with Crippen molar-refractivity contribution in [2.75, 3.05) is 5.73 Å². The highest BCUT2D eigenvalue weighted by molar-refractivity contribution is 6.30. The highest BCUT2D eigenvalue weighted by atomic mass is 35.5. The molecule has 2 N–H and O–H groups in total. The maximum absolute atomic E-state index is 14.1. The SMILES string of the molecule is CCCc1nc(-c2ccc(Cl)cc2F)c(N)n1CC(C)C. The summed E-state index contributed by atoms with van der Waals surface area (Å²) >= 11 is 5.80. The zero-order chi connectivity index (χ0) is 15.6. The smallest absolute Gasteiger partial charge is 0.134 e. The minimum absolute atomic E-state index is 0.366. The minimum Gasteiger partial charge on any atom is -0.383 e. The average Bonchev–Trinajstić information content (AvgIpc) is 2.68. The van der Waals surface area contributed by atoms with E-state index < -0.39 is 5.82 Å². The van der Waals surface area contributed by atoms with Crippen molar-refractivity contribution < 1.29 is 4.39 Å². The van der Waals surface area contributed by atoms with Gasteiger partial charge in [-0.25, -0.2) is 9.37 Å². The predicted molar refractivity (Wildman–Crippen MR) is 85.9 cm³/mol. The van der Waals surface area contributed by atoms with Gasteiger partial charge in [-0.2, -0.15) is 0 Å². The number of anilines is 1. The van der Waals surface area contributed by atoms with Crippen LogP contribution in [0.3, 0.4) is 0 Å². The van der Waals surface area contributed by atoms with Crippen LogP contribution in [-0.4, -0.2) is 9.55 Å². The zero-order valence-electron chi connectivity index (χ0n) is 12.7. The van der Waals surface area contributed by atoms with Crippen LogP contribution >= 0.6 is 11.6 Å². The number of nitrogen functional groups attached to an aromatic ring is 1. The van der Waals surface area contributed by atoms with Gasteiger partial charge in [0.2, 0.25) is 0 Å². The molecule has 0 saturated heterocycles. The van der Waals surface area contributed by atoms with Gasteiger partial charge >= 0.3 is 0 Å². The van der Waals surface area contributed by atoms with Gasteiger partial charge in [0, 0.05) is 23.6 Å². The van der Waals surface area contributed by atoms with Crippen molar-refractivity contribution in [3.63, 3.8) is 0 Å². The molecule has 0 aliphatic rings. The summed E-state index contributed by atoms with van der Waals surface area (Å²) in [6, 6.07) is 4.57. The van der Waals surface area contributed by atoms with Crippen LogP contribution < -0.4 is 5.73 Å². The number of rotatable bonds is 5. The second kappa shape index (κ2) is 6.48. The van der Waals surface area contributed by atoms with E-state index in [-0.39, 0.29) is 0 Å². The van der Waals surface area contributed by atoms with E-state index in [1.807, 2.05) is 4.57 Å². The molecule has 1 aromatic heterocycles. The van der Waals surface area contributed by atoms with Gasteiger partial charge in [-0.15, -0.1) is 0 Å². The van der Waals surface area contributed by atoms with Crippen LogP contribution in [0.2, 0.25) is 5.02 Å². The molecule has 0 aliphatic heterocycles. The number of nitrogens with zero attached hydrogens (tertiary/aromatic N) is 2. The van der Waals surface area contributed by atoms with Gasteiger partial charge in [-0.3, -0.25) is 0 Å². The van der Waals surface area contributed by atoms with Gasteiger partial charge in [0.1, 0.15) is 23.2 Å². The fourth-order valence-electron chi connectivity index (χ4n) is 2.38. The van der Waals surface area contributed by atoms with Crippen LogP contribution in [0.25, 0.3) is 11.3 Å².